The number of nitrogens with one attached hydrogen (secondary N) is 1. The van der Waals surface area contributed by atoms with Crippen molar-refractivity contribution in [2.24, 2.45) is 5.92 Å². The molecule has 3 heteroatoms. The highest BCUT2D eigenvalue weighted by atomic mass is 16.3. The summed E-state index contributed by atoms with van der Waals surface area (Å²) in [6.07, 6.45) is 2.81. The van der Waals surface area contributed by atoms with E-state index in [-0.39, 0.29) is 5.54 Å². The fraction of sp³-hybridized carbons (Fsp3) is 0.778. The van der Waals surface area contributed by atoms with Gasteiger partial charge in [0, 0.05) is 18.1 Å². The zero-order chi connectivity index (χ0) is 15.6. The zero-order valence-electron chi connectivity index (χ0n) is 14.6. The van der Waals surface area contributed by atoms with Gasteiger partial charge in [0.15, 0.2) is 0 Å². The lowest BCUT2D eigenvalue weighted by Gasteiger charge is -2.25. The second-order valence-corrected chi connectivity index (χ2v) is 7.89. The minimum Gasteiger partial charge on any atom is -0.463 e. The molecular weight excluding hydrogens is 260 g/mol. The quantitative estimate of drug-likeness (QED) is 0.820. The van der Waals surface area contributed by atoms with Crippen LogP contribution in [0.5, 0.6) is 0 Å². The van der Waals surface area contributed by atoms with Crippen molar-refractivity contribution in [3.63, 3.8) is 0 Å². The number of hydrogen-bond donors (Lipinski definition) is 1. The van der Waals surface area contributed by atoms with Gasteiger partial charge in [-0.05, 0) is 71.9 Å². The van der Waals surface area contributed by atoms with Crippen LogP contribution in [0.25, 0.3) is 0 Å². The molecule has 0 saturated heterocycles. The molecule has 1 aromatic heterocycles. The molecule has 0 bridgehead atoms. The van der Waals surface area contributed by atoms with Crippen LogP contribution < -0.4 is 5.32 Å². The number of furan rings is 1. The molecule has 21 heavy (non-hydrogen) atoms. The summed E-state index contributed by atoms with van der Waals surface area (Å²) in [6, 6.07) is 2.79. The van der Waals surface area contributed by atoms with Crippen molar-refractivity contribution in [2.45, 2.75) is 79.1 Å². The lowest BCUT2D eigenvalue weighted by Crippen LogP contribution is -2.35. The van der Waals surface area contributed by atoms with Crippen molar-refractivity contribution in [2.75, 3.05) is 6.54 Å². The predicted molar refractivity (Wildman–Crippen MR) is 88.3 cm³/mol. The van der Waals surface area contributed by atoms with E-state index in [0.29, 0.717) is 6.04 Å². The SMILES string of the molecule is Cc1cc(CN(CC2CC2)C(C)C)oc1CNC(C)(C)C. The van der Waals surface area contributed by atoms with Gasteiger partial charge in [-0.25, -0.2) is 0 Å². The van der Waals surface area contributed by atoms with Crippen molar-refractivity contribution in [1.82, 2.24) is 10.2 Å². The maximum atomic E-state index is 6.09. The molecule has 2 rings (SSSR count). The molecule has 1 aromatic rings. The molecule has 0 atom stereocenters. The number of aryl methyl sites for hydroxylation is 1. The summed E-state index contributed by atoms with van der Waals surface area (Å²) in [5.74, 6) is 3.10. The maximum Gasteiger partial charge on any atom is 0.120 e. The standard InChI is InChI=1S/C18H32N2O/c1-13(2)20(11-15-7-8-15)12-16-9-14(3)17(21-16)10-19-18(4,5)6/h9,13,15,19H,7-8,10-12H2,1-6H3. The van der Waals surface area contributed by atoms with E-state index in [1.807, 2.05) is 0 Å². The largest absolute Gasteiger partial charge is 0.463 e. The van der Waals surface area contributed by atoms with E-state index in [9.17, 15) is 0 Å². The third-order valence-electron chi connectivity index (χ3n) is 4.13. The first-order chi connectivity index (χ1) is 9.74. The minimum absolute atomic E-state index is 0.120. The minimum atomic E-state index is 0.120. The van der Waals surface area contributed by atoms with E-state index in [4.69, 9.17) is 4.42 Å². The van der Waals surface area contributed by atoms with Crippen molar-refractivity contribution in [3.05, 3.63) is 23.2 Å². The molecule has 0 unspecified atom stereocenters. The van der Waals surface area contributed by atoms with Gasteiger partial charge in [-0.2, -0.15) is 0 Å². The van der Waals surface area contributed by atoms with Crippen molar-refractivity contribution >= 4 is 0 Å². The van der Waals surface area contributed by atoms with Gasteiger partial charge >= 0.3 is 0 Å². The first kappa shape index (κ1) is 16.6. The van der Waals surface area contributed by atoms with Crippen LogP contribution in [-0.2, 0) is 13.1 Å². The third-order valence-corrected chi connectivity index (χ3v) is 4.13. The van der Waals surface area contributed by atoms with Gasteiger partial charge in [0.25, 0.3) is 0 Å². The average Bonchev–Trinajstić information content (AvgIpc) is 3.09. The van der Waals surface area contributed by atoms with Crippen molar-refractivity contribution < 1.29 is 4.42 Å². The van der Waals surface area contributed by atoms with Crippen molar-refractivity contribution in [3.8, 4) is 0 Å². The first-order valence-corrected chi connectivity index (χ1v) is 8.32. The van der Waals surface area contributed by atoms with Crippen LogP contribution in [0.3, 0.4) is 0 Å². The molecule has 0 aromatic carbocycles. The summed E-state index contributed by atoms with van der Waals surface area (Å²) in [5, 5.41) is 3.50. The second kappa shape index (κ2) is 6.53. The molecule has 3 nitrogen and oxygen atoms in total. The molecule has 0 aliphatic heterocycles. The van der Waals surface area contributed by atoms with Gasteiger partial charge in [0.05, 0.1) is 13.1 Å². The summed E-state index contributed by atoms with van der Waals surface area (Å²) in [7, 11) is 0. The molecule has 1 N–H and O–H groups in total. The van der Waals surface area contributed by atoms with Crippen LogP contribution in [0.1, 0.15) is 64.5 Å². The normalized spacial score (nSPS) is 16.2. The average molecular weight is 292 g/mol. The van der Waals surface area contributed by atoms with Gasteiger partial charge in [-0.1, -0.05) is 0 Å². The fourth-order valence-electron chi connectivity index (χ4n) is 2.48. The van der Waals surface area contributed by atoms with Crippen molar-refractivity contribution in [1.29, 1.82) is 0 Å². The highest BCUT2D eigenvalue weighted by molar-refractivity contribution is 5.20. The smallest absolute Gasteiger partial charge is 0.120 e. The molecule has 1 fully saturated rings. The predicted octanol–water partition coefficient (Wildman–Crippen LogP) is 4.10. The van der Waals surface area contributed by atoms with Gasteiger partial charge in [0.1, 0.15) is 11.5 Å². The Morgan fingerprint density at radius 1 is 1.33 bits per heavy atom. The molecule has 1 saturated carbocycles. The Hall–Kier alpha value is -0.800. The molecule has 1 aliphatic carbocycles. The fourth-order valence-corrected chi connectivity index (χ4v) is 2.48. The second-order valence-electron chi connectivity index (χ2n) is 7.89. The maximum absolute atomic E-state index is 6.09. The van der Waals surface area contributed by atoms with E-state index in [1.165, 1.54) is 24.9 Å². The molecule has 120 valence electrons. The zero-order valence-corrected chi connectivity index (χ0v) is 14.6. The van der Waals surface area contributed by atoms with Crippen LogP contribution in [0, 0.1) is 12.8 Å². The Morgan fingerprint density at radius 3 is 2.52 bits per heavy atom. The van der Waals surface area contributed by atoms with Crippen LogP contribution in [0.4, 0.5) is 0 Å². The lowest BCUT2D eigenvalue weighted by molar-refractivity contribution is 0.186. The number of nitrogens with zero attached hydrogens (tertiary/aromatic N) is 1. The van der Waals surface area contributed by atoms with Gasteiger partial charge in [-0.15, -0.1) is 0 Å². The number of hydrogen-bond acceptors (Lipinski definition) is 3. The van der Waals surface area contributed by atoms with Crippen LogP contribution in [-0.4, -0.2) is 23.0 Å². The molecule has 1 aliphatic rings. The topological polar surface area (TPSA) is 28.4 Å². The van der Waals surface area contributed by atoms with Crippen LogP contribution >= 0.6 is 0 Å². The van der Waals surface area contributed by atoms with E-state index in [2.05, 4.69) is 57.8 Å². The lowest BCUT2D eigenvalue weighted by atomic mass is 10.1. The summed E-state index contributed by atoms with van der Waals surface area (Å²) < 4.78 is 6.09. The van der Waals surface area contributed by atoms with Gasteiger partial charge < -0.3 is 9.73 Å². The van der Waals surface area contributed by atoms with E-state index in [1.54, 1.807) is 0 Å². The van der Waals surface area contributed by atoms with E-state index < -0.39 is 0 Å². The molecular formula is C18H32N2O. The molecule has 0 spiro atoms. The van der Waals surface area contributed by atoms with Gasteiger partial charge in [0.2, 0.25) is 0 Å². The summed E-state index contributed by atoms with van der Waals surface area (Å²) in [5.41, 5.74) is 1.38. The van der Waals surface area contributed by atoms with Crippen LogP contribution in [0.15, 0.2) is 10.5 Å². The number of rotatable bonds is 7. The molecule has 0 radical (unpaired) electrons. The Kier molecular flexibility index (Phi) is 5.15. The highest BCUT2D eigenvalue weighted by Gasteiger charge is 2.26. The van der Waals surface area contributed by atoms with Crippen LogP contribution in [0.2, 0.25) is 0 Å². The third kappa shape index (κ3) is 5.48. The highest BCUT2D eigenvalue weighted by Crippen LogP contribution is 2.31. The van der Waals surface area contributed by atoms with Gasteiger partial charge in [-0.3, -0.25) is 4.90 Å². The Balaban J connectivity index is 1.96. The summed E-state index contributed by atoms with van der Waals surface area (Å²) in [4.78, 5) is 2.54. The Morgan fingerprint density at radius 2 is 2.00 bits per heavy atom. The summed E-state index contributed by atoms with van der Waals surface area (Å²) in [6.45, 7) is 16.2. The first-order valence-electron chi connectivity index (χ1n) is 8.32. The van der Waals surface area contributed by atoms with E-state index in [0.717, 1.165) is 30.5 Å². The monoisotopic (exact) mass is 292 g/mol. The molecule has 0 amide bonds. The molecule has 1 heterocycles. The Labute approximate surface area is 130 Å². The summed E-state index contributed by atoms with van der Waals surface area (Å²) >= 11 is 0. The Bertz CT molecular complexity index is 452. The van der Waals surface area contributed by atoms with E-state index >= 15 is 0 Å².